The number of likely N-dealkylation sites (N-methyl/N-ethyl adjacent to an activating group) is 1. The molecule has 0 aliphatic carbocycles. The molecule has 2 heterocycles. The van der Waals surface area contributed by atoms with E-state index in [2.05, 4.69) is 105 Å². The van der Waals surface area contributed by atoms with Gasteiger partial charge in [-0.1, -0.05) is 75.1 Å². The van der Waals surface area contributed by atoms with Crippen molar-refractivity contribution in [2.75, 3.05) is 24.6 Å². The number of nitrogens with one attached hydrogen (secondary N) is 1. The lowest BCUT2D eigenvalue weighted by Crippen LogP contribution is -2.42. The van der Waals surface area contributed by atoms with Crippen LogP contribution in [0.2, 0.25) is 0 Å². The second kappa shape index (κ2) is 23.6. The van der Waals surface area contributed by atoms with Crippen molar-refractivity contribution in [3.8, 4) is 0 Å². The molecule has 2 N–H and O–H groups in total. The highest BCUT2D eigenvalue weighted by Crippen LogP contribution is 2.49. The number of anilines is 1. The van der Waals surface area contributed by atoms with Gasteiger partial charge in [-0.15, -0.1) is 4.33 Å². The second-order valence-electron chi connectivity index (χ2n) is 17.0. The van der Waals surface area contributed by atoms with Crippen LogP contribution in [-0.4, -0.2) is 58.9 Å². The molecule has 0 bridgehead atoms. The molecule has 13 nitrogen and oxygen atoms in total. The molecule has 0 spiro atoms. The molecule has 2 aliphatic rings. The number of aryl methyl sites for hydroxylation is 2. The van der Waals surface area contributed by atoms with E-state index < -0.39 is 24.0 Å². The molecule has 0 fully saturated rings. The lowest BCUT2D eigenvalue weighted by molar-refractivity contribution is -0.777. The van der Waals surface area contributed by atoms with Gasteiger partial charge in [-0.3, -0.25) is 14.6 Å². The van der Waals surface area contributed by atoms with Crippen molar-refractivity contribution in [2.45, 2.75) is 127 Å². The number of ketones is 1. The normalized spacial score (nSPS) is 16.2. The Morgan fingerprint density at radius 2 is 1.58 bits per heavy atom. The lowest BCUT2D eigenvalue weighted by atomic mass is 9.81. The molecular formula is C49H61N3O10S2. The summed E-state index contributed by atoms with van der Waals surface area (Å²) in [6, 6.07) is 16.8. The van der Waals surface area contributed by atoms with Crippen LogP contribution >= 0.6 is 24.1 Å². The molecule has 1 atom stereocenters. The zero-order valence-corrected chi connectivity index (χ0v) is 39.7. The molecule has 344 valence electrons. The topological polar surface area (TPSA) is 159 Å². The van der Waals surface area contributed by atoms with Crippen molar-refractivity contribution in [2.24, 2.45) is 0 Å². The van der Waals surface area contributed by atoms with Gasteiger partial charge in [0.2, 0.25) is 11.6 Å². The summed E-state index contributed by atoms with van der Waals surface area (Å²) in [5, 5.41) is 29.6. The third-order valence-electron chi connectivity index (χ3n) is 12.0. The molecule has 0 saturated heterocycles. The van der Waals surface area contributed by atoms with Crippen molar-refractivity contribution in [1.82, 2.24) is 5.32 Å². The van der Waals surface area contributed by atoms with Crippen molar-refractivity contribution in [1.29, 1.82) is 0 Å². The van der Waals surface area contributed by atoms with Gasteiger partial charge in [-0.05, 0) is 107 Å². The van der Waals surface area contributed by atoms with Gasteiger partial charge in [0.15, 0.2) is 18.1 Å². The Morgan fingerprint density at radius 3 is 2.27 bits per heavy atom. The van der Waals surface area contributed by atoms with Crippen LogP contribution in [0.25, 0.3) is 0 Å². The first-order valence-electron chi connectivity index (χ1n) is 21.8. The Labute approximate surface area is 385 Å². The number of unbranched alkanes of at least 4 members (excludes halogenated alkanes) is 3. The van der Waals surface area contributed by atoms with Crippen LogP contribution in [0.3, 0.4) is 0 Å². The first-order chi connectivity index (χ1) is 30.7. The zero-order valence-electron chi connectivity index (χ0n) is 38.1. The molecule has 0 radical (unpaired) electrons. The van der Waals surface area contributed by atoms with E-state index in [1.54, 1.807) is 0 Å². The molecule has 64 heavy (non-hydrogen) atoms. The highest BCUT2D eigenvalue weighted by Gasteiger charge is 2.44. The largest absolute Gasteiger partial charge is 0.691 e. The minimum atomic E-state index is -0.724. The fourth-order valence-corrected chi connectivity index (χ4v) is 9.42. The first kappa shape index (κ1) is 50.4. The van der Waals surface area contributed by atoms with Crippen molar-refractivity contribution in [3.05, 3.63) is 118 Å². The molecule has 3 aromatic rings. The fraction of sp³-hybridized carbons (Fsp3) is 0.429. The number of esters is 1. The van der Waals surface area contributed by atoms with E-state index in [4.69, 9.17) is 9.99 Å². The number of amides is 1. The van der Waals surface area contributed by atoms with E-state index in [9.17, 15) is 19.6 Å². The number of hydrogen-bond donors (Lipinski definition) is 2. The molecule has 1 amide bonds. The van der Waals surface area contributed by atoms with Crippen LogP contribution in [0, 0.1) is 13.8 Å². The van der Waals surface area contributed by atoms with E-state index >= 15 is 0 Å². The van der Waals surface area contributed by atoms with Gasteiger partial charge in [-0.2, -0.15) is 8.91 Å². The SMILES string of the molecule is CCCC[C@H](NC(=O)CCCCC[N+]1=C(/C=C/C=C/C=C2/N(CC)c3ccc(SOOO)cc3C2(C)C)C(C)(C)c2cc(SOO[O-])ccc21)C(=O)COC(=O)c1c(C)cccc1C. The zero-order chi connectivity index (χ0) is 46.4. The fourth-order valence-electron chi connectivity index (χ4n) is 8.63. The van der Waals surface area contributed by atoms with Crippen LogP contribution in [0.1, 0.15) is 119 Å². The van der Waals surface area contributed by atoms with Gasteiger partial charge in [0.05, 0.1) is 41.1 Å². The van der Waals surface area contributed by atoms with Gasteiger partial charge in [0, 0.05) is 63.7 Å². The molecule has 0 saturated carbocycles. The van der Waals surface area contributed by atoms with Crippen LogP contribution in [-0.2, 0) is 43.9 Å². The predicted octanol–water partition coefficient (Wildman–Crippen LogP) is 9.81. The number of hydrogen-bond acceptors (Lipinski definition) is 13. The number of benzene rings is 3. The summed E-state index contributed by atoms with van der Waals surface area (Å²) in [6.45, 7) is 17.6. The number of nitrogens with zero attached hydrogens (tertiary/aromatic N) is 2. The van der Waals surface area contributed by atoms with E-state index in [1.807, 2.05) is 69.3 Å². The predicted molar refractivity (Wildman–Crippen MR) is 248 cm³/mol. The van der Waals surface area contributed by atoms with Crippen molar-refractivity contribution in [3.63, 3.8) is 0 Å². The monoisotopic (exact) mass is 915 g/mol. The number of Topliss-reactive ketones (excluding diaryl/α,β-unsaturated/α-hetero) is 1. The molecule has 3 aromatic carbocycles. The van der Waals surface area contributed by atoms with Crippen LogP contribution in [0.15, 0.2) is 100 Å². The minimum Gasteiger partial charge on any atom is -0.691 e. The van der Waals surface area contributed by atoms with Gasteiger partial charge >= 0.3 is 5.97 Å². The van der Waals surface area contributed by atoms with Gasteiger partial charge in [0.25, 0.3) is 0 Å². The van der Waals surface area contributed by atoms with Gasteiger partial charge < -0.3 is 20.2 Å². The summed E-state index contributed by atoms with van der Waals surface area (Å²) in [5.41, 5.74) is 7.98. The van der Waals surface area contributed by atoms with Crippen molar-refractivity contribution < 1.29 is 53.0 Å². The highest BCUT2D eigenvalue weighted by atomic mass is 32.2. The first-order valence-corrected chi connectivity index (χ1v) is 23.3. The second-order valence-corrected chi connectivity index (χ2v) is 18.6. The molecule has 5 rings (SSSR count). The van der Waals surface area contributed by atoms with Crippen molar-refractivity contribution >= 4 is 58.8 Å². The van der Waals surface area contributed by atoms with E-state index in [0.29, 0.717) is 24.9 Å². The minimum absolute atomic E-state index is 0.201. The Bertz CT molecular complexity index is 2250. The summed E-state index contributed by atoms with van der Waals surface area (Å²) in [4.78, 5) is 43.1. The summed E-state index contributed by atoms with van der Waals surface area (Å²) in [5.74, 6) is -1.06. The summed E-state index contributed by atoms with van der Waals surface area (Å²) < 4.78 is 17.1. The number of rotatable bonds is 24. The number of fused-ring (bicyclic) bond motifs is 2. The Morgan fingerprint density at radius 1 is 0.875 bits per heavy atom. The maximum absolute atomic E-state index is 13.2. The number of carbonyl (C=O) groups is 3. The van der Waals surface area contributed by atoms with Crippen LogP contribution < -0.4 is 15.5 Å². The number of ether oxygens (including phenoxy) is 1. The van der Waals surface area contributed by atoms with Gasteiger partial charge in [-0.25, -0.2) is 10.1 Å². The van der Waals surface area contributed by atoms with E-state index in [0.717, 1.165) is 111 Å². The number of carbonyl (C=O) groups excluding carboxylic acids is 3. The highest BCUT2D eigenvalue weighted by molar-refractivity contribution is 7.94. The average molecular weight is 916 g/mol. The number of allylic oxidation sites excluding steroid dienone is 6. The van der Waals surface area contributed by atoms with Crippen LogP contribution in [0.4, 0.5) is 11.4 Å². The Hall–Kier alpha value is -4.58. The maximum atomic E-state index is 13.2. The average Bonchev–Trinajstić information content (AvgIpc) is 3.62. The van der Waals surface area contributed by atoms with E-state index in [-0.39, 0.29) is 23.5 Å². The van der Waals surface area contributed by atoms with E-state index in [1.165, 1.54) is 0 Å². The summed E-state index contributed by atoms with van der Waals surface area (Å²) in [7, 11) is 0. The Kier molecular flexibility index (Phi) is 18.6. The summed E-state index contributed by atoms with van der Waals surface area (Å²) >= 11 is 1.81. The Balaban J connectivity index is 1.24. The standard InChI is InChI=1S/C49H61N3O10S2/c1-9-11-21-39(42(53)32-58-47(55)46-33(3)19-18-20-34(46)4)50-45(54)24-16-13-17-29-52-41-28-26-36(64-62-60-57)31-38(41)49(7,8)44(52)23-15-12-14-22-43-48(5,6)37-30-35(63-61-59-56)25-27-40(37)51(43)10-2/h12,14-15,18-20,22-23,25-28,30-31,39H,9-11,13,16-17,21,24,29,32H2,1-8H3,(H2-,50,54,56,57)/t39-/m0/s1. The smallest absolute Gasteiger partial charge is 0.339 e. The third kappa shape index (κ3) is 12.2. The molecule has 15 heteroatoms. The maximum Gasteiger partial charge on any atom is 0.339 e. The quantitative estimate of drug-likeness (QED) is 0.0167. The molecular weight excluding hydrogens is 855 g/mol. The molecule has 0 aromatic heterocycles. The molecule has 2 aliphatic heterocycles. The molecule has 0 unspecified atom stereocenters. The van der Waals surface area contributed by atoms with Gasteiger partial charge in [0.1, 0.15) is 6.54 Å². The third-order valence-corrected chi connectivity index (χ3v) is 13.1. The van der Waals surface area contributed by atoms with Crippen LogP contribution in [0.5, 0.6) is 0 Å². The summed E-state index contributed by atoms with van der Waals surface area (Å²) in [6.07, 6.45) is 15.0. The lowest BCUT2D eigenvalue weighted by Gasteiger charge is -2.25.